The van der Waals surface area contributed by atoms with Crippen molar-refractivity contribution < 1.29 is 9.59 Å². The third-order valence-electron chi connectivity index (χ3n) is 3.26. The topological polar surface area (TPSA) is 34.1 Å². The molecule has 0 fully saturated rings. The normalized spacial score (nSPS) is 23.4. The molecule has 0 saturated heterocycles. The molecule has 1 aliphatic carbocycles. The first-order valence-corrected chi connectivity index (χ1v) is 6.32. The summed E-state index contributed by atoms with van der Waals surface area (Å²) >= 11 is 0. The summed E-state index contributed by atoms with van der Waals surface area (Å²) in [7, 11) is 0. The van der Waals surface area contributed by atoms with E-state index in [0.717, 1.165) is 5.57 Å². The van der Waals surface area contributed by atoms with E-state index in [9.17, 15) is 9.59 Å². The molecule has 2 nitrogen and oxygen atoms in total. The van der Waals surface area contributed by atoms with Gasteiger partial charge in [-0.25, -0.2) is 0 Å². The summed E-state index contributed by atoms with van der Waals surface area (Å²) < 4.78 is 0. The minimum atomic E-state index is -0.476. The molecule has 0 aromatic heterocycles. The fraction of sp³-hybridized carbons (Fsp3) is 0.733. The van der Waals surface area contributed by atoms with Crippen molar-refractivity contribution in [1.29, 1.82) is 0 Å². The van der Waals surface area contributed by atoms with Crippen molar-refractivity contribution in [2.45, 2.75) is 54.4 Å². The van der Waals surface area contributed by atoms with Gasteiger partial charge in [-0.3, -0.25) is 9.59 Å². The SMILES string of the molecule is CC(C)(C)C1=CCCC(=O)C(C(C)(C)C)C1=O. The van der Waals surface area contributed by atoms with Crippen LogP contribution in [0.25, 0.3) is 0 Å². The molecule has 0 heterocycles. The van der Waals surface area contributed by atoms with Crippen molar-refractivity contribution in [3.05, 3.63) is 11.6 Å². The molecule has 2 heteroatoms. The predicted octanol–water partition coefficient (Wildman–Crippen LogP) is 3.55. The molecular formula is C15H24O2. The molecule has 0 N–H and O–H groups in total. The average Bonchev–Trinajstić information content (AvgIpc) is 2.20. The Kier molecular flexibility index (Phi) is 3.66. The molecule has 1 atom stereocenters. The van der Waals surface area contributed by atoms with Gasteiger partial charge >= 0.3 is 0 Å². The summed E-state index contributed by atoms with van der Waals surface area (Å²) in [5.41, 5.74) is 0.358. The fourth-order valence-corrected chi connectivity index (χ4v) is 2.46. The molecule has 0 saturated carbocycles. The van der Waals surface area contributed by atoms with E-state index >= 15 is 0 Å². The van der Waals surface area contributed by atoms with Crippen LogP contribution in [0.4, 0.5) is 0 Å². The Labute approximate surface area is 104 Å². The minimum Gasteiger partial charge on any atom is -0.299 e. The zero-order valence-corrected chi connectivity index (χ0v) is 11.9. The summed E-state index contributed by atoms with van der Waals surface area (Å²) in [4.78, 5) is 24.6. The second-order valence-corrected chi connectivity index (χ2v) is 7.04. The molecule has 1 aliphatic rings. The minimum absolute atomic E-state index is 0.0347. The second-order valence-electron chi connectivity index (χ2n) is 7.04. The maximum atomic E-state index is 12.6. The maximum absolute atomic E-state index is 12.6. The van der Waals surface area contributed by atoms with Crippen LogP contribution in [-0.4, -0.2) is 11.6 Å². The standard InChI is InChI=1S/C15H24O2/c1-14(2,3)10-8-7-9-11(16)12(13(10)17)15(4,5)6/h8,12H,7,9H2,1-6H3. The molecule has 0 aliphatic heterocycles. The molecule has 0 aromatic rings. The summed E-state index contributed by atoms with van der Waals surface area (Å²) in [6, 6.07) is 0. The van der Waals surface area contributed by atoms with Gasteiger partial charge < -0.3 is 0 Å². The third-order valence-corrected chi connectivity index (χ3v) is 3.26. The number of carbonyl (C=O) groups is 2. The lowest BCUT2D eigenvalue weighted by Gasteiger charge is -2.31. The van der Waals surface area contributed by atoms with Crippen molar-refractivity contribution in [2.24, 2.45) is 16.7 Å². The Morgan fingerprint density at radius 1 is 1.06 bits per heavy atom. The Bertz CT molecular complexity index is 361. The van der Waals surface area contributed by atoms with Crippen LogP contribution in [0.15, 0.2) is 11.6 Å². The summed E-state index contributed by atoms with van der Waals surface area (Å²) in [6.07, 6.45) is 3.16. The van der Waals surface area contributed by atoms with Crippen molar-refractivity contribution in [3.63, 3.8) is 0 Å². The van der Waals surface area contributed by atoms with Crippen molar-refractivity contribution in [1.82, 2.24) is 0 Å². The summed E-state index contributed by atoms with van der Waals surface area (Å²) in [6.45, 7) is 12.0. The quantitative estimate of drug-likeness (QED) is 0.603. The Morgan fingerprint density at radius 2 is 1.59 bits per heavy atom. The van der Waals surface area contributed by atoms with Crippen LogP contribution < -0.4 is 0 Å². The van der Waals surface area contributed by atoms with E-state index in [-0.39, 0.29) is 22.4 Å². The molecule has 1 rings (SSSR count). The number of Topliss-reactive ketones (excluding diaryl/α,β-unsaturated/α-hetero) is 2. The van der Waals surface area contributed by atoms with E-state index in [4.69, 9.17) is 0 Å². The van der Waals surface area contributed by atoms with Crippen LogP contribution in [0, 0.1) is 16.7 Å². The van der Waals surface area contributed by atoms with E-state index in [1.807, 2.05) is 47.6 Å². The Balaban J connectivity index is 3.20. The monoisotopic (exact) mass is 236 g/mol. The van der Waals surface area contributed by atoms with Gasteiger partial charge in [0.1, 0.15) is 5.78 Å². The highest BCUT2D eigenvalue weighted by Gasteiger charge is 2.41. The molecule has 0 aromatic carbocycles. The number of hydrogen-bond donors (Lipinski definition) is 0. The number of allylic oxidation sites excluding steroid dienone is 2. The van der Waals surface area contributed by atoms with Gasteiger partial charge in [-0.05, 0) is 22.8 Å². The van der Waals surface area contributed by atoms with E-state index in [1.165, 1.54) is 0 Å². The van der Waals surface area contributed by atoms with Gasteiger partial charge in [0.15, 0.2) is 5.78 Å². The van der Waals surface area contributed by atoms with Crippen LogP contribution in [0.5, 0.6) is 0 Å². The first-order chi connectivity index (χ1) is 7.55. The molecule has 17 heavy (non-hydrogen) atoms. The highest BCUT2D eigenvalue weighted by Crippen LogP contribution is 2.38. The van der Waals surface area contributed by atoms with Crippen LogP contribution in [-0.2, 0) is 9.59 Å². The van der Waals surface area contributed by atoms with Gasteiger partial charge in [0.05, 0.1) is 5.92 Å². The smallest absolute Gasteiger partial charge is 0.170 e. The lowest BCUT2D eigenvalue weighted by molar-refractivity contribution is -0.135. The first kappa shape index (κ1) is 14.1. The number of carbonyl (C=O) groups excluding carboxylic acids is 2. The van der Waals surface area contributed by atoms with Crippen LogP contribution in [0.3, 0.4) is 0 Å². The zero-order chi connectivity index (χ0) is 13.4. The van der Waals surface area contributed by atoms with Crippen molar-refractivity contribution in [3.8, 4) is 0 Å². The van der Waals surface area contributed by atoms with Gasteiger partial charge in [0, 0.05) is 6.42 Å². The van der Waals surface area contributed by atoms with E-state index < -0.39 is 5.92 Å². The van der Waals surface area contributed by atoms with Gasteiger partial charge in [0.2, 0.25) is 0 Å². The molecule has 0 bridgehead atoms. The van der Waals surface area contributed by atoms with Gasteiger partial charge in [-0.1, -0.05) is 47.6 Å². The van der Waals surface area contributed by atoms with E-state index in [2.05, 4.69) is 0 Å². The highest BCUT2D eigenvalue weighted by molar-refractivity contribution is 6.12. The molecule has 1 unspecified atom stereocenters. The van der Waals surface area contributed by atoms with E-state index in [1.54, 1.807) is 0 Å². The molecule has 0 spiro atoms. The Hall–Kier alpha value is -0.920. The molecule has 0 amide bonds. The molecule has 0 radical (unpaired) electrons. The molecular weight excluding hydrogens is 212 g/mol. The molecule has 96 valence electrons. The number of hydrogen-bond acceptors (Lipinski definition) is 2. The zero-order valence-electron chi connectivity index (χ0n) is 11.9. The van der Waals surface area contributed by atoms with Crippen LogP contribution in [0.1, 0.15) is 54.4 Å². The Morgan fingerprint density at radius 3 is 2.00 bits per heavy atom. The summed E-state index contributed by atoms with van der Waals surface area (Å²) in [5.74, 6) is -0.346. The van der Waals surface area contributed by atoms with E-state index in [0.29, 0.717) is 12.8 Å². The van der Waals surface area contributed by atoms with Gasteiger partial charge in [-0.15, -0.1) is 0 Å². The lowest BCUT2D eigenvalue weighted by atomic mass is 9.70. The van der Waals surface area contributed by atoms with Crippen LogP contribution >= 0.6 is 0 Å². The second kappa shape index (κ2) is 4.40. The van der Waals surface area contributed by atoms with Gasteiger partial charge in [-0.2, -0.15) is 0 Å². The first-order valence-electron chi connectivity index (χ1n) is 6.32. The van der Waals surface area contributed by atoms with Crippen molar-refractivity contribution in [2.75, 3.05) is 0 Å². The summed E-state index contributed by atoms with van der Waals surface area (Å²) in [5, 5.41) is 0. The lowest BCUT2D eigenvalue weighted by Crippen LogP contribution is -2.37. The number of ketones is 2. The highest BCUT2D eigenvalue weighted by atomic mass is 16.2. The third kappa shape index (κ3) is 3.05. The van der Waals surface area contributed by atoms with Crippen molar-refractivity contribution >= 4 is 11.6 Å². The number of rotatable bonds is 0. The largest absolute Gasteiger partial charge is 0.299 e. The maximum Gasteiger partial charge on any atom is 0.170 e. The predicted molar refractivity (Wildman–Crippen MR) is 69.7 cm³/mol. The van der Waals surface area contributed by atoms with Crippen LogP contribution in [0.2, 0.25) is 0 Å². The van der Waals surface area contributed by atoms with Gasteiger partial charge in [0.25, 0.3) is 0 Å². The average molecular weight is 236 g/mol. The fourth-order valence-electron chi connectivity index (χ4n) is 2.46.